The van der Waals surface area contributed by atoms with E-state index in [0.29, 0.717) is 6.42 Å². The second kappa shape index (κ2) is 5.47. The van der Waals surface area contributed by atoms with Gasteiger partial charge in [-0.3, -0.25) is 4.79 Å². The number of rotatable bonds is 5. The number of ether oxygens (including phenoxy) is 1. The number of carboxylic acids is 1. The van der Waals surface area contributed by atoms with Crippen molar-refractivity contribution in [2.24, 2.45) is 11.7 Å². The smallest absolute Gasteiger partial charge is 0.307 e. The summed E-state index contributed by atoms with van der Waals surface area (Å²) >= 11 is 0. The van der Waals surface area contributed by atoms with E-state index in [1.165, 1.54) is 0 Å². The standard InChI is InChI=1S/C11H23NO3/c1-7(15-11(3,4)5)6-9(12)8(2)10(13)14/h7-9H,6,12H2,1-5H3,(H,13,14)/t7-,8?,9-/m0/s1. The molecule has 0 amide bonds. The molecule has 3 atom stereocenters. The summed E-state index contributed by atoms with van der Waals surface area (Å²) in [6.45, 7) is 9.44. The third kappa shape index (κ3) is 6.47. The van der Waals surface area contributed by atoms with Crippen molar-refractivity contribution < 1.29 is 14.6 Å². The van der Waals surface area contributed by atoms with Gasteiger partial charge < -0.3 is 15.6 Å². The number of aliphatic carboxylic acids is 1. The van der Waals surface area contributed by atoms with Crippen molar-refractivity contribution in [1.82, 2.24) is 0 Å². The molecule has 0 heterocycles. The molecule has 3 N–H and O–H groups in total. The third-order valence-electron chi connectivity index (χ3n) is 2.19. The maximum absolute atomic E-state index is 10.7. The van der Waals surface area contributed by atoms with E-state index in [1.54, 1.807) is 6.92 Å². The number of hydrogen-bond acceptors (Lipinski definition) is 3. The summed E-state index contributed by atoms with van der Waals surface area (Å²) in [5.74, 6) is -1.39. The van der Waals surface area contributed by atoms with Crippen LogP contribution in [0.2, 0.25) is 0 Å². The monoisotopic (exact) mass is 217 g/mol. The van der Waals surface area contributed by atoms with Gasteiger partial charge in [0.15, 0.2) is 0 Å². The summed E-state index contributed by atoms with van der Waals surface area (Å²) in [6, 6.07) is -0.361. The minimum Gasteiger partial charge on any atom is -0.481 e. The van der Waals surface area contributed by atoms with Gasteiger partial charge in [-0.25, -0.2) is 0 Å². The topological polar surface area (TPSA) is 72.5 Å². The Labute approximate surface area is 91.8 Å². The molecule has 4 nitrogen and oxygen atoms in total. The Morgan fingerprint density at radius 3 is 2.20 bits per heavy atom. The summed E-state index contributed by atoms with van der Waals surface area (Å²) in [5.41, 5.74) is 5.56. The highest BCUT2D eigenvalue weighted by Crippen LogP contribution is 2.16. The first kappa shape index (κ1) is 14.4. The van der Waals surface area contributed by atoms with E-state index in [1.807, 2.05) is 27.7 Å². The average molecular weight is 217 g/mol. The van der Waals surface area contributed by atoms with Gasteiger partial charge in [-0.05, 0) is 34.1 Å². The average Bonchev–Trinajstić information content (AvgIpc) is 1.98. The second-order valence-corrected chi connectivity index (χ2v) is 5.07. The van der Waals surface area contributed by atoms with Gasteiger partial charge >= 0.3 is 5.97 Å². The first-order chi connectivity index (χ1) is 6.63. The van der Waals surface area contributed by atoms with Crippen molar-refractivity contribution in [3.8, 4) is 0 Å². The van der Waals surface area contributed by atoms with Crippen LogP contribution >= 0.6 is 0 Å². The summed E-state index contributed by atoms with van der Waals surface area (Å²) in [6.07, 6.45) is 0.534. The SMILES string of the molecule is CC(C(=O)O)[C@@H](N)C[C@H](C)OC(C)(C)C. The van der Waals surface area contributed by atoms with Crippen molar-refractivity contribution in [3.05, 3.63) is 0 Å². The van der Waals surface area contributed by atoms with Crippen molar-refractivity contribution in [3.63, 3.8) is 0 Å². The molecule has 0 fully saturated rings. The lowest BCUT2D eigenvalue weighted by atomic mass is 9.97. The van der Waals surface area contributed by atoms with Crippen LogP contribution in [-0.4, -0.2) is 28.8 Å². The molecule has 4 heteroatoms. The van der Waals surface area contributed by atoms with Crippen LogP contribution in [0.3, 0.4) is 0 Å². The number of nitrogens with two attached hydrogens (primary N) is 1. The molecule has 0 radical (unpaired) electrons. The molecule has 0 aliphatic rings. The quantitative estimate of drug-likeness (QED) is 0.734. The van der Waals surface area contributed by atoms with E-state index in [2.05, 4.69) is 0 Å². The number of carbonyl (C=O) groups is 1. The first-order valence-electron chi connectivity index (χ1n) is 5.29. The van der Waals surface area contributed by atoms with Gasteiger partial charge in [-0.2, -0.15) is 0 Å². The Bertz CT molecular complexity index is 210. The number of carboxylic acid groups (broad SMARTS) is 1. The molecule has 0 aromatic carbocycles. The lowest BCUT2D eigenvalue weighted by Crippen LogP contribution is -2.38. The lowest BCUT2D eigenvalue weighted by Gasteiger charge is -2.27. The molecule has 0 rings (SSSR count). The highest BCUT2D eigenvalue weighted by Gasteiger charge is 2.24. The van der Waals surface area contributed by atoms with E-state index in [4.69, 9.17) is 15.6 Å². The first-order valence-corrected chi connectivity index (χ1v) is 5.29. The van der Waals surface area contributed by atoms with Crippen LogP contribution < -0.4 is 5.73 Å². The van der Waals surface area contributed by atoms with Crippen molar-refractivity contribution in [1.29, 1.82) is 0 Å². The fourth-order valence-corrected chi connectivity index (χ4v) is 1.42. The molecule has 0 aliphatic carbocycles. The molecule has 0 aliphatic heterocycles. The van der Waals surface area contributed by atoms with Crippen molar-refractivity contribution in [2.45, 2.75) is 58.8 Å². The Morgan fingerprint density at radius 1 is 1.40 bits per heavy atom. The van der Waals surface area contributed by atoms with Crippen LogP contribution in [0.25, 0.3) is 0 Å². The molecule has 0 saturated carbocycles. The van der Waals surface area contributed by atoms with Gasteiger partial charge in [0, 0.05) is 6.04 Å². The lowest BCUT2D eigenvalue weighted by molar-refractivity contribution is -0.142. The fourth-order valence-electron chi connectivity index (χ4n) is 1.42. The van der Waals surface area contributed by atoms with Gasteiger partial charge in [-0.15, -0.1) is 0 Å². The Hall–Kier alpha value is -0.610. The molecular weight excluding hydrogens is 194 g/mol. The maximum Gasteiger partial charge on any atom is 0.307 e. The van der Waals surface area contributed by atoms with E-state index in [9.17, 15) is 4.79 Å². The second-order valence-electron chi connectivity index (χ2n) is 5.07. The molecule has 0 aromatic rings. The van der Waals surface area contributed by atoms with Crippen LogP contribution in [0.5, 0.6) is 0 Å². The summed E-state index contributed by atoms with van der Waals surface area (Å²) in [7, 11) is 0. The van der Waals surface area contributed by atoms with Crippen LogP contribution in [0, 0.1) is 5.92 Å². The highest BCUT2D eigenvalue weighted by molar-refractivity contribution is 5.70. The molecule has 0 aromatic heterocycles. The molecule has 0 spiro atoms. The predicted molar refractivity (Wildman–Crippen MR) is 59.7 cm³/mol. The van der Waals surface area contributed by atoms with Crippen LogP contribution in [0.1, 0.15) is 41.0 Å². The zero-order chi connectivity index (χ0) is 12.2. The Morgan fingerprint density at radius 2 is 1.87 bits per heavy atom. The van der Waals surface area contributed by atoms with Gasteiger partial charge in [0.05, 0.1) is 17.6 Å². The minimum atomic E-state index is -0.856. The van der Waals surface area contributed by atoms with E-state index in [-0.39, 0.29) is 17.7 Å². The van der Waals surface area contributed by atoms with Crippen molar-refractivity contribution in [2.75, 3.05) is 0 Å². The van der Waals surface area contributed by atoms with Crippen molar-refractivity contribution >= 4 is 5.97 Å². The molecule has 15 heavy (non-hydrogen) atoms. The van der Waals surface area contributed by atoms with E-state index in [0.717, 1.165) is 0 Å². The maximum atomic E-state index is 10.7. The van der Waals surface area contributed by atoms with Crippen LogP contribution in [0.15, 0.2) is 0 Å². The molecule has 0 bridgehead atoms. The third-order valence-corrected chi connectivity index (χ3v) is 2.19. The van der Waals surface area contributed by atoms with E-state index >= 15 is 0 Å². The van der Waals surface area contributed by atoms with Crippen LogP contribution in [0.4, 0.5) is 0 Å². The summed E-state index contributed by atoms with van der Waals surface area (Å²) in [4.78, 5) is 10.7. The normalized spacial score (nSPS) is 18.3. The molecule has 0 saturated heterocycles. The van der Waals surface area contributed by atoms with Crippen LogP contribution in [-0.2, 0) is 9.53 Å². The minimum absolute atomic E-state index is 0.0261. The predicted octanol–water partition coefficient (Wildman–Crippen LogP) is 1.63. The van der Waals surface area contributed by atoms with E-state index < -0.39 is 11.9 Å². The fraction of sp³-hybridized carbons (Fsp3) is 0.909. The zero-order valence-electron chi connectivity index (χ0n) is 10.3. The highest BCUT2D eigenvalue weighted by atomic mass is 16.5. The molecular formula is C11H23NO3. The Kier molecular flexibility index (Phi) is 5.24. The zero-order valence-corrected chi connectivity index (χ0v) is 10.3. The van der Waals surface area contributed by atoms with Gasteiger partial charge in [0.1, 0.15) is 0 Å². The summed E-state index contributed by atoms with van der Waals surface area (Å²) in [5, 5.41) is 8.78. The Balaban J connectivity index is 4.07. The van der Waals surface area contributed by atoms with Gasteiger partial charge in [0.25, 0.3) is 0 Å². The van der Waals surface area contributed by atoms with Gasteiger partial charge in [0.2, 0.25) is 0 Å². The van der Waals surface area contributed by atoms with Gasteiger partial charge in [-0.1, -0.05) is 6.92 Å². The molecule has 90 valence electrons. The number of hydrogen-bond donors (Lipinski definition) is 2. The molecule has 1 unspecified atom stereocenters. The largest absolute Gasteiger partial charge is 0.481 e. The summed E-state index contributed by atoms with van der Waals surface area (Å²) < 4.78 is 5.67.